The standard InChI is InChI=1S/C29H28ClN3O5/c1-18-6-5-7-22(12-18)37-16-28(35)33-26(13-20-15-31-25-9-4-3-8-23(20)25)29(36)38-17-27(34)32-21-11-10-19(2)24(30)14-21/h3-12,14-15,26,31H,13,16-17H2,1-2H3,(H,32,34)(H,33,35)/t26-/m0/s1. The number of carbonyl (C=O) groups excluding carboxylic acids is 3. The minimum absolute atomic E-state index is 0.161. The molecule has 1 heterocycles. The van der Waals surface area contributed by atoms with Gasteiger partial charge in [0.15, 0.2) is 13.2 Å². The highest BCUT2D eigenvalue weighted by molar-refractivity contribution is 6.31. The van der Waals surface area contributed by atoms with Crippen molar-refractivity contribution < 1.29 is 23.9 Å². The number of halogens is 1. The maximum atomic E-state index is 13.0. The highest BCUT2D eigenvalue weighted by Gasteiger charge is 2.25. The number of carbonyl (C=O) groups is 3. The van der Waals surface area contributed by atoms with Gasteiger partial charge in [-0.25, -0.2) is 4.79 Å². The first kappa shape index (κ1) is 26.8. The molecule has 2 amide bonds. The van der Waals surface area contributed by atoms with Crippen LogP contribution < -0.4 is 15.4 Å². The van der Waals surface area contributed by atoms with E-state index in [9.17, 15) is 14.4 Å². The minimum Gasteiger partial charge on any atom is -0.484 e. The van der Waals surface area contributed by atoms with Crippen molar-refractivity contribution in [3.8, 4) is 5.75 Å². The van der Waals surface area contributed by atoms with Gasteiger partial charge in [0.05, 0.1) is 0 Å². The van der Waals surface area contributed by atoms with Crippen molar-refractivity contribution in [2.75, 3.05) is 18.5 Å². The van der Waals surface area contributed by atoms with Crippen LogP contribution >= 0.6 is 11.6 Å². The van der Waals surface area contributed by atoms with E-state index in [1.165, 1.54) is 0 Å². The maximum Gasteiger partial charge on any atom is 0.329 e. The fourth-order valence-corrected chi connectivity index (χ4v) is 4.09. The van der Waals surface area contributed by atoms with E-state index in [0.717, 1.165) is 27.6 Å². The molecule has 0 saturated heterocycles. The van der Waals surface area contributed by atoms with E-state index >= 15 is 0 Å². The van der Waals surface area contributed by atoms with Gasteiger partial charge < -0.3 is 25.1 Å². The van der Waals surface area contributed by atoms with E-state index < -0.39 is 30.4 Å². The predicted octanol–water partition coefficient (Wildman–Crippen LogP) is 4.73. The van der Waals surface area contributed by atoms with E-state index in [2.05, 4.69) is 15.6 Å². The van der Waals surface area contributed by atoms with Gasteiger partial charge in [0, 0.05) is 34.2 Å². The van der Waals surface area contributed by atoms with Crippen molar-refractivity contribution in [3.05, 3.63) is 94.6 Å². The second-order valence-electron chi connectivity index (χ2n) is 8.91. The molecular formula is C29H28ClN3O5. The third-order valence-corrected chi connectivity index (χ3v) is 6.29. The Kier molecular flexibility index (Phi) is 8.66. The lowest BCUT2D eigenvalue weighted by Crippen LogP contribution is -2.45. The van der Waals surface area contributed by atoms with Crippen LogP contribution in [0.4, 0.5) is 5.69 Å². The van der Waals surface area contributed by atoms with Crippen LogP contribution in [0, 0.1) is 13.8 Å². The molecule has 0 aliphatic rings. The zero-order valence-corrected chi connectivity index (χ0v) is 21.8. The molecule has 4 rings (SSSR count). The molecule has 0 bridgehead atoms. The van der Waals surface area contributed by atoms with Gasteiger partial charge in [-0.05, 0) is 60.9 Å². The lowest BCUT2D eigenvalue weighted by Gasteiger charge is -2.18. The highest BCUT2D eigenvalue weighted by atomic mass is 35.5. The van der Waals surface area contributed by atoms with E-state index in [-0.39, 0.29) is 13.0 Å². The van der Waals surface area contributed by atoms with Crippen molar-refractivity contribution in [1.82, 2.24) is 10.3 Å². The molecule has 4 aromatic rings. The first-order valence-corrected chi connectivity index (χ1v) is 12.4. The van der Waals surface area contributed by atoms with Crippen LogP contribution in [0.3, 0.4) is 0 Å². The Labute approximate surface area is 225 Å². The van der Waals surface area contributed by atoms with Gasteiger partial charge in [-0.15, -0.1) is 0 Å². The number of fused-ring (bicyclic) bond motifs is 1. The van der Waals surface area contributed by atoms with Crippen LogP contribution in [0.25, 0.3) is 10.9 Å². The summed E-state index contributed by atoms with van der Waals surface area (Å²) in [5.41, 5.74) is 4.08. The Morgan fingerprint density at radius 1 is 0.947 bits per heavy atom. The molecule has 0 spiro atoms. The second kappa shape index (κ2) is 12.3. The molecule has 9 heteroatoms. The molecular weight excluding hydrogens is 506 g/mol. The van der Waals surface area contributed by atoms with Gasteiger partial charge in [0.25, 0.3) is 11.8 Å². The van der Waals surface area contributed by atoms with Crippen molar-refractivity contribution in [2.24, 2.45) is 0 Å². The smallest absolute Gasteiger partial charge is 0.329 e. The minimum atomic E-state index is -1.04. The summed E-state index contributed by atoms with van der Waals surface area (Å²) in [5.74, 6) is -1.22. The molecule has 0 aliphatic carbocycles. The summed E-state index contributed by atoms with van der Waals surface area (Å²) in [6, 6.07) is 19.0. The molecule has 196 valence electrons. The average Bonchev–Trinajstić information content (AvgIpc) is 3.30. The number of aromatic amines is 1. The van der Waals surface area contributed by atoms with Gasteiger partial charge in [-0.2, -0.15) is 0 Å². The summed E-state index contributed by atoms with van der Waals surface area (Å²) in [5, 5.41) is 6.76. The number of rotatable bonds is 10. The molecule has 1 atom stereocenters. The summed E-state index contributed by atoms with van der Waals surface area (Å²) < 4.78 is 10.9. The Balaban J connectivity index is 1.41. The lowest BCUT2D eigenvalue weighted by molar-refractivity contribution is -0.150. The summed E-state index contributed by atoms with van der Waals surface area (Å²) in [7, 11) is 0. The lowest BCUT2D eigenvalue weighted by atomic mass is 10.0. The zero-order valence-electron chi connectivity index (χ0n) is 21.0. The Morgan fingerprint density at radius 3 is 2.55 bits per heavy atom. The van der Waals surface area contributed by atoms with Crippen LogP contribution in [0.2, 0.25) is 5.02 Å². The summed E-state index contributed by atoms with van der Waals surface area (Å²) in [6.45, 7) is 2.97. The first-order valence-electron chi connectivity index (χ1n) is 12.0. The fraction of sp³-hybridized carbons (Fsp3) is 0.207. The van der Waals surface area contributed by atoms with E-state index in [1.807, 2.05) is 56.3 Å². The molecule has 3 aromatic carbocycles. The van der Waals surface area contributed by atoms with Crippen molar-refractivity contribution >= 4 is 46.0 Å². The van der Waals surface area contributed by atoms with Crippen LogP contribution in [0.5, 0.6) is 5.75 Å². The van der Waals surface area contributed by atoms with Gasteiger partial charge in [-0.3, -0.25) is 9.59 Å². The number of nitrogens with one attached hydrogen (secondary N) is 3. The number of aryl methyl sites for hydroxylation is 2. The predicted molar refractivity (Wildman–Crippen MR) is 146 cm³/mol. The third-order valence-electron chi connectivity index (χ3n) is 5.88. The average molecular weight is 534 g/mol. The number of ether oxygens (including phenoxy) is 2. The molecule has 8 nitrogen and oxygen atoms in total. The number of hydrogen-bond donors (Lipinski definition) is 3. The molecule has 3 N–H and O–H groups in total. The quantitative estimate of drug-likeness (QED) is 0.255. The molecule has 0 radical (unpaired) electrons. The summed E-state index contributed by atoms with van der Waals surface area (Å²) in [4.78, 5) is 41.3. The molecule has 0 saturated carbocycles. The Morgan fingerprint density at radius 2 is 1.76 bits per heavy atom. The number of amides is 2. The third kappa shape index (κ3) is 7.14. The number of aromatic nitrogens is 1. The van der Waals surface area contributed by atoms with Gasteiger partial charge >= 0.3 is 5.97 Å². The number of benzene rings is 3. The molecule has 1 aromatic heterocycles. The SMILES string of the molecule is Cc1cccc(OCC(=O)N[C@@H](Cc2c[nH]c3ccccc23)C(=O)OCC(=O)Nc2ccc(C)c(Cl)c2)c1. The number of hydrogen-bond acceptors (Lipinski definition) is 5. The van der Waals surface area contributed by atoms with Gasteiger partial charge in [0.2, 0.25) is 0 Å². The normalized spacial score (nSPS) is 11.6. The van der Waals surface area contributed by atoms with Crippen molar-refractivity contribution in [2.45, 2.75) is 26.3 Å². The molecule has 0 unspecified atom stereocenters. The first-order chi connectivity index (χ1) is 18.3. The highest BCUT2D eigenvalue weighted by Crippen LogP contribution is 2.21. The summed E-state index contributed by atoms with van der Waals surface area (Å²) in [6.07, 6.45) is 1.95. The monoisotopic (exact) mass is 533 g/mol. The van der Waals surface area contributed by atoms with Crippen LogP contribution in [-0.4, -0.2) is 42.0 Å². The molecule has 0 fully saturated rings. The van der Waals surface area contributed by atoms with E-state index in [4.69, 9.17) is 21.1 Å². The Bertz CT molecular complexity index is 1470. The number of anilines is 1. The largest absolute Gasteiger partial charge is 0.484 e. The van der Waals surface area contributed by atoms with Crippen LogP contribution in [-0.2, 0) is 25.5 Å². The number of esters is 1. The van der Waals surface area contributed by atoms with Crippen molar-refractivity contribution in [1.29, 1.82) is 0 Å². The summed E-state index contributed by atoms with van der Waals surface area (Å²) >= 11 is 6.11. The van der Waals surface area contributed by atoms with Gasteiger partial charge in [0.1, 0.15) is 11.8 Å². The molecule has 0 aliphatic heterocycles. The van der Waals surface area contributed by atoms with E-state index in [1.54, 1.807) is 30.5 Å². The number of H-pyrrole nitrogens is 1. The molecule has 38 heavy (non-hydrogen) atoms. The van der Waals surface area contributed by atoms with Crippen LogP contribution in [0.1, 0.15) is 16.7 Å². The second-order valence-corrected chi connectivity index (χ2v) is 9.32. The number of para-hydroxylation sites is 1. The van der Waals surface area contributed by atoms with Gasteiger partial charge in [-0.1, -0.05) is 48.0 Å². The van der Waals surface area contributed by atoms with Crippen LogP contribution in [0.15, 0.2) is 72.9 Å². The fourth-order valence-electron chi connectivity index (χ4n) is 3.91. The Hall–Kier alpha value is -4.30. The maximum absolute atomic E-state index is 13.0. The zero-order chi connectivity index (χ0) is 27.1. The van der Waals surface area contributed by atoms with Crippen molar-refractivity contribution in [3.63, 3.8) is 0 Å². The topological polar surface area (TPSA) is 110 Å². The van der Waals surface area contributed by atoms with E-state index in [0.29, 0.717) is 16.5 Å².